The Labute approximate surface area is 138 Å². The van der Waals surface area contributed by atoms with Crippen molar-refractivity contribution in [2.75, 3.05) is 5.32 Å². The third-order valence-electron chi connectivity index (χ3n) is 2.89. The van der Waals surface area contributed by atoms with Crippen LogP contribution in [-0.2, 0) is 0 Å². The van der Waals surface area contributed by atoms with Crippen LogP contribution in [-0.4, -0.2) is 22.1 Å². The predicted molar refractivity (Wildman–Crippen MR) is 93.9 cm³/mol. The number of thiocarbonyl (C=S) groups is 1. The summed E-state index contributed by atoms with van der Waals surface area (Å²) < 4.78 is 0. The number of carbonyl (C=O) groups is 1. The fourth-order valence-corrected chi connectivity index (χ4v) is 2.17. The van der Waals surface area contributed by atoms with E-state index in [0.717, 1.165) is 17.1 Å². The maximum Gasteiger partial charge on any atom is 0.191 e. The molecule has 3 N–H and O–H groups in total. The summed E-state index contributed by atoms with van der Waals surface area (Å²) in [5.41, 5.74) is 5.71. The molecule has 0 spiro atoms. The highest BCUT2D eigenvalue weighted by Crippen LogP contribution is 2.13. The van der Waals surface area contributed by atoms with Crippen LogP contribution in [0.5, 0.6) is 0 Å². The summed E-state index contributed by atoms with van der Waals surface area (Å²) in [5, 5.41) is 8.01. The number of hydrogen-bond acceptors (Lipinski definition) is 3. The topological polar surface area (TPSA) is 69.3 Å². The van der Waals surface area contributed by atoms with Gasteiger partial charge in [-0.2, -0.15) is 5.10 Å². The van der Waals surface area contributed by atoms with E-state index in [1.807, 2.05) is 19.1 Å². The van der Waals surface area contributed by atoms with Gasteiger partial charge in [-0.15, -0.1) is 0 Å². The normalized spacial score (nSPS) is 10.7. The average Bonchev–Trinajstić information content (AvgIpc) is 2.83. The molecule has 0 unspecified atom stereocenters. The van der Waals surface area contributed by atoms with E-state index in [1.165, 1.54) is 6.92 Å². The summed E-state index contributed by atoms with van der Waals surface area (Å²) in [5.74, 6) is 0.0151. The molecule has 0 saturated heterocycles. The lowest BCUT2D eigenvalue weighted by molar-refractivity contribution is 0.101. The number of nitrogens with one attached hydrogen (secondary N) is 3. The molecule has 0 radical (unpaired) electrons. The third-order valence-corrected chi connectivity index (χ3v) is 3.33. The summed E-state index contributed by atoms with van der Waals surface area (Å²) in [6, 6.07) is 8.90. The molecule has 0 atom stereocenters. The van der Waals surface area contributed by atoms with Crippen molar-refractivity contribution in [1.82, 2.24) is 10.4 Å². The van der Waals surface area contributed by atoms with Crippen molar-refractivity contribution in [3.05, 3.63) is 52.3 Å². The smallest absolute Gasteiger partial charge is 0.191 e. The lowest BCUT2D eigenvalue weighted by Crippen LogP contribution is -2.23. The molecule has 0 aliphatic heterocycles. The van der Waals surface area contributed by atoms with E-state index in [0.29, 0.717) is 15.7 Å². The van der Waals surface area contributed by atoms with Crippen molar-refractivity contribution in [2.45, 2.75) is 13.8 Å². The zero-order valence-electron chi connectivity index (χ0n) is 12.1. The van der Waals surface area contributed by atoms with Crippen LogP contribution in [0.25, 0.3) is 0 Å². The van der Waals surface area contributed by atoms with Gasteiger partial charge in [-0.3, -0.25) is 10.2 Å². The molecule has 0 bridgehead atoms. The molecular weight excluding hydrogens is 320 g/mol. The second-order valence-electron chi connectivity index (χ2n) is 4.65. The summed E-state index contributed by atoms with van der Waals surface area (Å²) in [4.78, 5) is 14.4. The minimum absolute atomic E-state index is 0.0151. The molecule has 0 fully saturated rings. The number of halogens is 1. The van der Waals surface area contributed by atoms with E-state index < -0.39 is 0 Å². The standard InChI is InChI=1S/C15H15ClN4OS/c1-9-14(10(2)21)7-13(18-9)8-17-20-15(22)19-12-5-3-11(16)4-6-12/h3-8,18H,1-2H3,(H2,19,20,22)/b17-8+. The fraction of sp³-hybridized carbons (Fsp3) is 0.133. The van der Waals surface area contributed by atoms with Gasteiger partial charge in [0.2, 0.25) is 0 Å². The Morgan fingerprint density at radius 2 is 2.05 bits per heavy atom. The van der Waals surface area contributed by atoms with Gasteiger partial charge in [-0.1, -0.05) is 11.6 Å². The number of aromatic amines is 1. The zero-order valence-corrected chi connectivity index (χ0v) is 13.7. The van der Waals surface area contributed by atoms with Crippen LogP contribution in [0, 0.1) is 6.92 Å². The second-order valence-corrected chi connectivity index (χ2v) is 5.50. The lowest BCUT2D eigenvalue weighted by atomic mass is 10.2. The molecule has 1 heterocycles. The maximum atomic E-state index is 11.4. The van der Waals surface area contributed by atoms with E-state index >= 15 is 0 Å². The molecular formula is C15H15ClN4OS. The summed E-state index contributed by atoms with van der Waals surface area (Å²) >= 11 is 10.9. The number of hydrazone groups is 1. The highest BCUT2D eigenvalue weighted by Gasteiger charge is 2.06. The molecule has 114 valence electrons. The molecule has 0 aliphatic carbocycles. The Balaban J connectivity index is 1.91. The van der Waals surface area contributed by atoms with Crippen LogP contribution >= 0.6 is 23.8 Å². The number of carbonyl (C=O) groups excluding carboxylic acids is 1. The highest BCUT2D eigenvalue weighted by molar-refractivity contribution is 7.80. The van der Waals surface area contributed by atoms with Gasteiger partial charge < -0.3 is 10.3 Å². The Morgan fingerprint density at radius 1 is 1.36 bits per heavy atom. The molecule has 7 heteroatoms. The summed E-state index contributed by atoms with van der Waals surface area (Å²) in [7, 11) is 0. The number of ketones is 1. The van der Waals surface area contributed by atoms with Crippen LogP contribution in [0.1, 0.15) is 28.7 Å². The molecule has 0 saturated carbocycles. The molecule has 0 aliphatic rings. The molecule has 22 heavy (non-hydrogen) atoms. The molecule has 0 amide bonds. The average molecular weight is 335 g/mol. The number of aromatic nitrogens is 1. The number of nitrogens with zero attached hydrogens (tertiary/aromatic N) is 1. The van der Waals surface area contributed by atoms with E-state index in [4.69, 9.17) is 23.8 Å². The van der Waals surface area contributed by atoms with Gasteiger partial charge in [0, 0.05) is 22.0 Å². The molecule has 2 rings (SSSR count). The summed E-state index contributed by atoms with van der Waals surface area (Å²) in [6.07, 6.45) is 1.56. The number of anilines is 1. The van der Waals surface area contributed by atoms with Gasteiger partial charge >= 0.3 is 0 Å². The van der Waals surface area contributed by atoms with Crippen molar-refractivity contribution in [2.24, 2.45) is 5.10 Å². The van der Waals surface area contributed by atoms with Crippen LogP contribution in [0.2, 0.25) is 5.02 Å². The minimum Gasteiger partial charge on any atom is -0.357 e. The van der Waals surface area contributed by atoms with E-state index in [9.17, 15) is 4.79 Å². The van der Waals surface area contributed by atoms with Gasteiger partial charge in [-0.25, -0.2) is 0 Å². The Bertz CT molecular complexity index is 722. The zero-order chi connectivity index (χ0) is 16.1. The molecule has 5 nitrogen and oxygen atoms in total. The van der Waals surface area contributed by atoms with Crippen LogP contribution in [0.3, 0.4) is 0 Å². The van der Waals surface area contributed by atoms with E-state index in [1.54, 1.807) is 24.4 Å². The van der Waals surface area contributed by atoms with Crippen molar-refractivity contribution in [3.8, 4) is 0 Å². The van der Waals surface area contributed by atoms with Crippen molar-refractivity contribution >= 4 is 46.6 Å². The maximum absolute atomic E-state index is 11.4. The molecule has 1 aromatic heterocycles. The second kappa shape index (κ2) is 7.20. The van der Waals surface area contributed by atoms with E-state index in [-0.39, 0.29) is 5.78 Å². The quantitative estimate of drug-likeness (QED) is 0.346. The highest BCUT2D eigenvalue weighted by atomic mass is 35.5. The first-order valence-electron chi connectivity index (χ1n) is 6.52. The van der Waals surface area contributed by atoms with Crippen LogP contribution in [0.4, 0.5) is 5.69 Å². The number of H-pyrrole nitrogens is 1. The monoisotopic (exact) mass is 334 g/mol. The SMILES string of the molecule is CC(=O)c1cc(/C=N/NC(=S)Nc2ccc(Cl)cc2)[nH]c1C. The Hall–Kier alpha value is -2.18. The van der Waals surface area contributed by atoms with Gasteiger partial charge in [0.1, 0.15) is 0 Å². The van der Waals surface area contributed by atoms with Crippen molar-refractivity contribution in [1.29, 1.82) is 0 Å². The first-order valence-corrected chi connectivity index (χ1v) is 7.30. The molecule has 2 aromatic rings. The Kier molecular flexibility index (Phi) is 5.30. The third kappa shape index (κ3) is 4.41. The molecule has 1 aromatic carbocycles. The number of Topliss-reactive ketones (excluding diaryl/α,β-unsaturated/α-hetero) is 1. The summed E-state index contributed by atoms with van der Waals surface area (Å²) in [6.45, 7) is 3.37. The number of aryl methyl sites for hydroxylation is 1. The van der Waals surface area contributed by atoms with E-state index in [2.05, 4.69) is 20.8 Å². The van der Waals surface area contributed by atoms with Gasteiger partial charge in [0.15, 0.2) is 10.9 Å². The van der Waals surface area contributed by atoms with Crippen LogP contribution in [0.15, 0.2) is 35.4 Å². The van der Waals surface area contributed by atoms with Gasteiger partial charge in [0.25, 0.3) is 0 Å². The fourth-order valence-electron chi connectivity index (χ4n) is 1.87. The number of benzene rings is 1. The number of rotatable bonds is 4. The Morgan fingerprint density at radius 3 is 2.64 bits per heavy atom. The lowest BCUT2D eigenvalue weighted by Gasteiger charge is -2.06. The minimum atomic E-state index is 0.0151. The van der Waals surface area contributed by atoms with Crippen molar-refractivity contribution < 1.29 is 4.79 Å². The first-order chi connectivity index (χ1) is 10.5. The first kappa shape index (κ1) is 16.2. The predicted octanol–water partition coefficient (Wildman–Crippen LogP) is 3.50. The largest absolute Gasteiger partial charge is 0.357 e. The van der Waals surface area contributed by atoms with Gasteiger partial charge in [0.05, 0.1) is 11.9 Å². The van der Waals surface area contributed by atoms with Crippen LogP contribution < -0.4 is 10.7 Å². The number of hydrogen-bond donors (Lipinski definition) is 3. The van der Waals surface area contributed by atoms with Crippen molar-refractivity contribution in [3.63, 3.8) is 0 Å². The van der Waals surface area contributed by atoms with Gasteiger partial charge in [-0.05, 0) is 56.4 Å².